The van der Waals surface area contributed by atoms with Gasteiger partial charge in [0.2, 0.25) is 5.91 Å². The van der Waals surface area contributed by atoms with Gasteiger partial charge in [0.1, 0.15) is 6.54 Å². The highest BCUT2D eigenvalue weighted by Gasteiger charge is 2.36. The number of amides is 1. The van der Waals surface area contributed by atoms with E-state index in [1.807, 2.05) is 30.3 Å². The van der Waals surface area contributed by atoms with Crippen molar-refractivity contribution in [2.45, 2.75) is 44.9 Å². The summed E-state index contributed by atoms with van der Waals surface area (Å²) in [5, 5.41) is 2.84. The van der Waals surface area contributed by atoms with Gasteiger partial charge in [0, 0.05) is 17.7 Å². The third-order valence-corrected chi connectivity index (χ3v) is 6.85. The Morgan fingerprint density at radius 3 is 2.43 bits per heavy atom. The third-order valence-electron chi connectivity index (χ3n) is 5.03. The highest BCUT2D eigenvalue weighted by Crippen LogP contribution is 2.43. The topological polar surface area (TPSA) is 66.5 Å². The van der Waals surface area contributed by atoms with Gasteiger partial charge in [-0.05, 0) is 42.0 Å². The van der Waals surface area contributed by atoms with E-state index in [4.69, 9.17) is 0 Å². The van der Waals surface area contributed by atoms with Gasteiger partial charge in [0.15, 0.2) is 0 Å². The number of anilines is 1. The summed E-state index contributed by atoms with van der Waals surface area (Å²) in [7, 11) is -3.79. The Morgan fingerprint density at radius 1 is 1.04 bits per heavy atom. The van der Waals surface area contributed by atoms with E-state index < -0.39 is 10.0 Å². The van der Waals surface area contributed by atoms with Crippen LogP contribution in [0.25, 0.3) is 11.1 Å². The zero-order chi connectivity index (χ0) is 20.5. The van der Waals surface area contributed by atoms with Crippen LogP contribution in [0.4, 0.5) is 5.69 Å². The number of benzene rings is 2. The Hall–Kier alpha value is -2.34. The van der Waals surface area contributed by atoms with E-state index in [0.29, 0.717) is 29.6 Å². The first kappa shape index (κ1) is 20.4. The van der Waals surface area contributed by atoms with Crippen LogP contribution in [0, 0.1) is 5.92 Å². The van der Waals surface area contributed by atoms with Crippen molar-refractivity contribution in [3.8, 4) is 11.1 Å². The van der Waals surface area contributed by atoms with Crippen molar-refractivity contribution in [2.24, 2.45) is 5.92 Å². The molecule has 0 spiro atoms. The monoisotopic (exact) mass is 400 g/mol. The van der Waals surface area contributed by atoms with Gasteiger partial charge >= 0.3 is 0 Å². The van der Waals surface area contributed by atoms with E-state index in [2.05, 4.69) is 33.0 Å². The minimum absolute atomic E-state index is 0.219. The number of carbonyl (C=O) groups is 1. The van der Waals surface area contributed by atoms with Crippen LogP contribution >= 0.6 is 0 Å². The standard InChI is InChI=1S/C22H28N2O3S/c1-15(2)11-12-23-22(25)14-24-20-10-9-17(16(3)4)13-19(20)18-7-5-6-8-21(18)28(24,26)27/h5-10,13,15-16H,11-12,14H2,1-4H3,(H,23,25). The number of nitrogens with zero attached hydrogens (tertiary/aromatic N) is 1. The van der Waals surface area contributed by atoms with Gasteiger partial charge in [0.25, 0.3) is 10.0 Å². The molecule has 0 saturated heterocycles. The molecule has 0 saturated carbocycles. The molecule has 0 unspecified atom stereocenters. The van der Waals surface area contributed by atoms with Crippen LogP contribution in [0.1, 0.15) is 45.6 Å². The van der Waals surface area contributed by atoms with Crippen LogP contribution in [0.5, 0.6) is 0 Å². The number of fused-ring (bicyclic) bond motifs is 3. The molecule has 2 aromatic carbocycles. The molecule has 0 fully saturated rings. The van der Waals surface area contributed by atoms with Crippen LogP contribution in [0.3, 0.4) is 0 Å². The van der Waals surface area contributed by atoms with E-state index in [1.54, 1.807) is 12.1 Å². The van der Waals surface area contributed by atoms with Crippen LogP contribution < -0.4 is 9.62 Å². The highest BCUT2D eigenvalue weighted by molar-refractivity contribution is 7.93. The predicted molar refractivity (Wildman–Crippen MR) is 113 cm³/mol. The van der Waals surface area contributed by atoms with E-state index >= 15 is 0 Å². The molecule has 1 heterocycles. The molecule has 1 N–H and O–H groups in total. The van der Waals surface area contributed by atoms with Gasteiger partial charge in [-0.2, -0.15) is 0 Å². The summed E-state index contributed by atoms with van der Waals surface area (Å²) < 4.78 is 27.7. The number of nitrogens with one attached hydrogen (secondary N) is 1. The van der Waals surface area contributed by atoms with Crippen molar-refractivity contribution < 1.29 is 13.2 Å². The second-order valence-electron chi connectivity index (χ2n) is 7.97. The fourth-order valence-corrected chi connectivity index (χ4v) is 5.01. The Kier molecular flexibility index (Phi) is 5.79. The van der Waals surface area contributed by atoms with Crippen LogP contribution in [0.2, 0.25) is 0 Å². The second kappa shape index (κ2) is 7.95. The maximum atomic E-state index is 13.2. The molecule has 0 aliphatic carbocycles. The third kappa shape index (κ3) is 3.92. The summed E-state index contributed by atoms with van der Waals surface area (Å²) in [5.74, 6) is 0.507. The average molecular weight is 401 g/mol. The lowest BCUT2D eigenvalue weighted by molar-refractivity contribution is -0.119. The van der Waals surface area contributed by atoms with Crippen LogP contribution in [-0.4, -0.2) is 27.4 Å². The lowest BCUT2D eigenvalue weighted by Gasteiger charge is -2.32. The predicted octanol–water partition coefficient (Wildman–Crippen LogP) is 4.15. The smallest absolute Gasteiger partial charge is 0.265 e. The maximum absolute atomic E-state index is 13.2. The Labute approximate surface area is 167 Å². The lowest BCUT2D eigenvalue weighted by Crippen LogP contribution is -2.42. The van der Waals surface area contributed by atoms with Crippen molar-refractivity contribution >= 4 is 21.6 Å². The SMILES string of the molecule is CC(C)CCNC(=O)CN1c2ccc(C(C)C)cc2-c2ccccc2S1(=O)=O. The molecular formula is C22H28N2O3S. The minimum Gasteiger partial charge on any atom is -0.355 e. The Morgan fingerprint density at radius 2 is 1.75 bits per heavy atom. The number of carbonyl (C=O) groups excluding carboxylic acids is 1. The maximum Gasteiger partial charge on any atom is 0.265 e. The minimum atomic E-state index is -3.79. The molecule has 28 heavy (non-hydrogen) atoms. The molecule has 150 valence electrons. The quantitative estimate of drug-likeness (QED) is 0.792. The normalized spacial score (nSPS) is 14.7. The number of rotatable bonds is 6. The largest absolute Gasteiger partial charge is 0.355 e. The number of sulfonamides is 1. The van der Waals surface area contributed by atoms with E-state index in [0.717, 1.165) is 17.5 Å². The Balaban J connectivity index is 2.01. The summed E-state index contributed by atoms with van der Waals surface area (Å²) in [5.41, 5.74) is 3.24. The fourth-order valence-electron chi connectivity index (χ4n) is 3.37. The van der Waals surface area contributed by atoms with E-state index in [9.17, 15) is 13.2 Å². The summed E-state index contributed by atoms with van der Waals surface area (Å²) in [6, 6.07) is 12.8. The molecule has 1 aliphatic rings. The fraction of sp³-hybridized carbons (Fsp3) is 0.409. The van der Waals surface area contributed by atoms with Crippen molar-refractivity contribution in [2.75, 3.05) is 17.4 Å². The van der Waals surface area contributed by atoms with Crippen LogP contribution in [-0.2, 0) is 14.8 Å². The van der Waals surface area contributed by atoms with Gasteiger partial charge in [-0.15, -0.1) is 0 Å². The highest BCUT2D eigenvalue weighted by atomic mass is 32.2. The molecule has 6 heteroatoms. The van der Waals surface area contributed by atoms with E-state index in [1.165, 1.54) is 4.31 Å². The molecule has 0 bridgehead atoms. The molecule has 0 aromatic heterocycles. The summed E-state index contributed by atoms with van der Waals surface area (Å²) in [4.78, 5) is 12.7. The number of hydrogen-bond acceptors (Lipinski definition) is 3. The Bertz CT molecular complexity index is 981. The van der Waals surface area contributed by atoms with Gasteiger partial charge in [-0.1, -0.05) is 52.0 Å². The van der Waals surface area contributed by atoms with E-state index in [-0.39, 0.29) is 17.3 Å². The lowest BCUT2D eigenvalue weighted by atomic mass is 9.95. The zero-order valence-electron chi connectivity index (χ0n) is 16.9. The molecule has 0 radical (unpaired) electrons. The summed E-state index contributed by atoms with van der Waals surface area (Å²) >= 11 is 0. The molecule has 2 aromatic rings. The first-order chi connectivity index (χ1) is 13.2. The molecule has 1 amide bonds. The van der Waals surface area contributed by atoms with Crippen molar-refractivity contribution in [1.82, 2.24) is 5.32 Å². The second-order valence-corrected chi connectivity index (χ2v) is 9.80. The first-order valence-electron chi connectivity index (χ1n) is 9.74. The van der Waals surface area contributed by atoms with Crippen LogP contribution in [0.15, 0.2) is 47.4 Å². The molecule has 3 rings (SSSR count). The van der Waals surface area contributed by atoms with Gasteiger partial charge in [0.05, 0.1) is 10.6 Å². The van der Waals surface area contributed by atoms with Crippen molar-refractivity contribution in [1.29, 1.82) is 0 Å². The summed E-state index contributed by atoms with van der Waals surface area (Å²) in [6.07, 6.45) is 0.857. The number of hydrogen-bond donors (Lipinski definition) is 1. The molecule has 1 aliphatic heterocycles. The van der Waals surface area contributed by atoms with Gasteiger partial charge in [-0.3, -0.25) is 9.10 Å². The zero-order valence-corrected chi connectivity index (χ0v) is 17.7. The molecule has 5 nitrogen and oxygen atoms in total. The van der Waals surface area contributed by atoms with Crippen molar-refractivity contribution in [3.63, 3.8) is 0 Å². The van der Waals surface area contributed by atoms with Crippen molar-refractivity contribution in [3.05, 3.63) is 48.0 Å². The first-order valence-corrected chi connectivity index (χ1v) is 11.2. The summed E-state index contributed by atoms with van der Waals surface area (Å²) in [6.45, 7) is 8.70. The molecular weight excluding hydrogens is 372 g/mol. The average Bonchev–Trinajstić information content (AvgIpc) is 2.64. The van der Waals surface area contributed by atoms with Gasteiger partial charge < -0.3 is 5.32 Å². The molecule has 0 atom stereocenters. The van der Waals surface area contributed by atoms with Gasteiger partial charge in [-0.25, -0.2) is 8.42 Å².